The molecule has 0 aromatic rings. The summed E-state index contributed by atoms with van der Waals surface area (Å²) in [5.41, 5.74) is 0. The monoisotopic (exact) mass is 628 g/mol. The number of hydrogen-bond acceptors (Lipinski definition) is 9. The number of cyclic esters (lactones) is 3. The minimum atomic E-state index is -0.0463. The average Bonchev–Trinajstić information content (AvgIpc) is 3.48. The summed E-state index contributed by atoms with van der Waals surface area (Å²) in [6.07, 6.45) is 16.1. The summed E-state index contributed by atoms with van der Waals surface area (Å²) in [5, 5.41) is 0. The van der Waals surface area contributed by atoms with Crippen LogP contribution < -0.4 is 0 Å². The molecule has 3 heterocycles. The first-order valence-corrected chi connectivity index (χ1v) is 15.6. The van der Waals surface area contributed by atoms with Crippen LogP contribution in [0.3, 0.4) is 0 Å². The van der Waals surface area contributed by atoms with Crippen LogP contribution in [0.2, 0.25) is 0 Å². The van der Waals surface area contributed by atoms with Crippen LogP contribution in [0.1, 0.15) is 152 Å². The van der Waals surface area contributed by atoms with Gasteiger partial charge in [0, 0.05) is 51.4 Å². The first-order chi connectivity index (χ1) is 19.6. The minimum absolute atomic E-state index is 0. The Kier molecular flexibility index (Phi) is 29.1. The molecule has 1 atom stereocenters. The van der Waals surface area contributed by atoms with Crippen LogP contribution in [-0.4, -0.2) is 55.1 Å². The summed E-state index contributed by atoms with van der Waals surface area (Å²) in [7, 11) is 0. The summed E-state index contributed by atoms with van der Waals surface area (Å²) in [5.74, 6) is 2.82. The van der Waals surface area contributed by atoms with Crippen molar-refractivity contribution in [2.24, 2.45) is 17.8 Å². The maximum Gasteiger partial charge on any atom is 0.308 e. The van der Waals surface area contributed by atoms with E-state index in [4.69, 9.17) is 4.74 Å². The van der Waals surface area contributed by atoms with E-state index < -0.39 is 0 Å². The Morgan fingerprint density at radius 2 is 1.02 bits per heavy atom. The second-order valence-corrected chi connectivity index (χ2v) is 11.6. The number of Topliss-reactive ketones (excluding diaryl/α,β-unsaturated/α-hetero) is 3. The molecule has 3 saturated heterocycles. The molecule has 0 radical (unpaired) electrons. The van der Waals surface area contributed by atoms with Gasteiger partial charge in [-0.05, 0) is 56.8 Å². The van der Waals surface area contributed by atoms with Gasteiger partial charge in [-0.1, -0.05) is 55.9 Å². The molecule has 0 amide bonds. The van der Waals surface area contributed by atoms with Crippen LogP contribution in [-0.2, 0) is 43.0 Å². The largest absolute Gasteiger partial charge is 0.466 e. The van der Waals surface area contributed by atoms with E-state index in [-0.39, 0.29) is 46.1 Å². The standard InChI is InChI=1S/C6H10O2.2C6H10O.C5H8O2.C5H8O.C4H6O2.3CH4/c7-6-4-2-1-3-5-8-6;1-2-5-3-6(7)4-5;7-6-4-2-1-3-5-6;1-4-2-3-7-5(4)6;1-4-2-5(6)3-4;5-4-2-1-3-6-4;;;/h1-5H2;5H,2-4H2,1H3;1-5H2;4H,2-3H2,1H3;4H,2-3H2,1H3;1-3H2;3*1H4. The van der Waals surface area contributed by atoms with E-state index in [1.54, 1.807) is 0 Å². The third-order valence-electron chi connectivity index (χ3n) is 7.45. The van der Waals surface area contributed by atoms with Crippen molar-refractivity contribution in [3.05, 3.63) is 0 Å². The molecule has 9 heteroatoms. The maximum atomic E-state index is 10.5. The molecule has 6 aliphatic rings. The highest BCUT2D eigenvalue weighted by molar-refractivity contribution is 5.84. The Bertz CT molecular complexity index is 794. The Morgan fingerprint density at radius 1 is 0.545 bits per heavy atom. The molecule has 3 aliphatic heterocycles. The van der Waals surface area contributed by atoms with Crippen LogP contribution in [0.25, 0.3) is 0 Å². The number of ether oxygens (including phenoxy) is 3. The Balaban J connectivity index is -0.000000453. The van der Waals surface area contributed by atoms with Gasteiger partial charge in [0.1, 0.15) is 17.3 Å². The zero-order valence-corrected chi connectivity index (χ0v) is 25.5. The summed E-state index contributed by atoms with van der Waals surface area (Å²) in [4.78, 5) is 61.7. The third-order valence-corrected chi connectivity index (χ3v) is 7.45. The van der Waals surface area contributed by atoms with Gasteiger partial charge in [-0.2, -0.15) is 0 Å². The summed E-state index contributed by atoms with van der Waals surface area (Å²) < 4.78 is 13.9. The zero-order valence-electron chi connectivity index (χ0n) is 25.5. The molecule has 0 bridgehead atoms. The number of esters is 3. The van der Waals surface area contributed by atoms with Crippen LogP contribution in [0.5, 0.6) is 0 Å². The molecule has 0 spiro atoms. The van der Waals surface area contributed by atoms with E-state index in [0.29, 0.717) is 55.9 Å². The van der Waals surface area contributed by atoms with Crippen molar-refractivity contribution >= 4 is 35.3 Å². The lowest BCUT2D eigenvalue weighted by Crippen LogP contribution is -2.21. The SMILES string of the molecule is C.C.C.CC1CC(=O)C1.CC1CCOC1=O.CCC1CC(=O)C1.O=C1CCCCC1.O=C1CCCCCO1.O=C1CCCO1. The van der Waals surface area contributed by atoms with Gasteiger partial charge in [-0.15, -0.1) is 0 Å². The Hall–Kier alpha value is -2.58. The molecule has 0 aromatic heterocycles. The molecule has 9 nitrogen and oxygen atoms in total. The molecule has 258 valence electrons. The van der Waals surface area contributed by atoms with Crippen molar-refractivity contribution in [3.63, 3.8) is 0 Å². The minimum Gasteiger partial charge on any atom is -0.466 e. The van der Waals surface area contributed by atoms with Crippen LogP contribution in [0.15, 0.2) is 0 Å². The number of carbonyl (C=O) groups is 6. The number of rotatable bonds is 1. The van der Waals surface area contributed by atoms with Gasteiger partial charge in [-0.3, -0.25) is 28.8 Å². The first kappa shape index (κ1) is 45.8. The molecule has 3 aliphatic carbocycles. The number of ketones is 3. The van der Waals surface area contributed by atoms with Crippen molar-refractivity contribution in [1.82, 2.24) is 0 Å². The highest BCUT2D eigenvalue weighted by Gasteiger charge is 2.24. The third kappa shape index (κ3) is 23.8. The molecule has 3 saturated carbocycles. The van der Waals surface area contributed by atoms with Gasteiger partial charge in [-0.25, -0.2) is 0 Å². The quantitative estimate of drug-likeness (QED) is 0.211. The smallest absolute Gasteiger partial charge is 0.308 e. The molecule has 6 rings (SSSR count). The fourth-order valence-corrected chi connectivity index (χ4v) is 4.41. The molecular weight excluding hydrogens is 564 g/mol. The lowest BCUT2D eigenvalue weighted by atomic mass is 9.82. The van der Waals surface area contributed by atoms with Gasteiger partial charge < -0.3 is 14.2 Å². The van der Waals surface area contributed by atoms with Crippen LogP contribution in [0, 0.1) is 17.8 Å². The number of hydrogen-bond donors (Lipinski definition) is 0. The predicted molar refractivity (Wildman–Crippen MR) is 174 cm³/mol. The van der Waals surface area contributed by atoms with E-state index in [9.17, 15) is 28.8 Å². The highest BCUT2D eigenvalue weighted by Crippen LogP contribution is 2.25. The average molecular weight is 629 g/mol. The summed E-state index contributed by atoms with van der Waals surface area (Å²) in [6, 6.07) is 0. The topological polar surface area (TPSA) is 130 Å². The second kappa shape index (κ2) is 27.9. The van der Waals surface area contributed by atoms with E-state index in [2.05, 4.69) is 23.3 Å². The molecule has 0 N–H and O–H groups in total. The van der Waals surface area contributed by atoms with E-state index in [1.807, 2.05) is 6.92 Å². The highest BCUT2D eigenvalue weighted by atomic mass is 16.5. The van der Waals surface area contributed by atoms with Crippen LogP contribution >= 0.6 is 0 Å². The molecular formula is C35H64O9. The van der Waals surface area contributed by atoms with Crippen molar-refractivity contribution < 1.29 is 43.0 Å². The summed E-state index contributed by atoms with van der Waals surface area (Å²) >= 11 is 0. The summed E-state index contributed by atoms with van der Waals surface area (Å²) in [6.45, 7) is 8.02. The van der Waals surface area contributed by atoms with Gasteiger partial charge >= 0.3 is 17.9 Å². The van der Waals surface area contributed by atoms with Gasteiger partial charge in [0.2, 0.25) is 0 Å². The van der Waals surface area contributed by atoms with Crippen molar-refractivity contribution in [1.29, 1.82) is 0 Å². The van der Waals surface area contributed by atoms with E-state index in [0.717, 1.165) is 89.4 Å². The first-order valence-electron chi connectivity index (χ1n) is 15.6. The van der Waals surface area contributed by atoms with Crippen molar-refractivity contribution in [2.75, 3.05) is 19.8 Å². The second-order valence-electron chi connectivity index (χ2n) is 11.6. The molecule has 6 fully saturated rings. The fourth-order valence-electron chi connectivity index (χ4n) is 4.41. The number of carbonyl (C=O) groups excluding carboxylic acids is 6. The Morgan fingerprint density at radius 3 is 1.30 bits per heavy atom. The fraction of sp³-hybridized carbons (Fsp3) is 0.829. The lowest BCUT2D eigenvalue weighted by molar-refractivity contribution is -0.143. The van der Waals surface area contributed by atoms with Crippen molar-refractivity contribution in [2.45, 2.75) is 152 Å². The van der Waals surface area contributed by atoms with Crippen LogP contribution in [0.4, 0.5) is 0 Å². The zero-order chi connectivity index (χ0) is 30.5. The molecule has 1 unspecified atom stereocenters. The maximum absolute atomic E-state index is 10.5. The normalized spacial score (nSPS) is 22.0. The van der Waals surface area contributed by atoms with E-state index in [1.165, 1.54) is 12.8 Å². The predicted octanol–water partition coefficient (Wildman–Crippen LogP) is 7.79. The van der Waals surface area contributed by atoms with Crippen molar-refractivity contribution in [3.8, 4) is 0 Å². The van der Waals surface area contributed by atoms with Gasteiger partial charge in [0.25, 0.3) is 0 Å². The van der Waals surface area contributed by atoms with Gasteiger partial charge in [0.15, 0.2) is 0 Å². The lowest BCUT2D eigenvalue weighted by Gasteiger charge is -2.21. The van der Waals surface area contributed by atoms with Gasteiger partial charge in [0.05, 0.1) is 25.7 Å². The Labute approximate surface area is 267 Å². The molecule has 0 aromatic carbocycles. The van der Waals surface area contributed by atoms with E-state index >= 15 is 0 Å². The molecule has 44 heavy (non-hydrogen) atoms.